The third-order valence-electron chi connectivity index (χ3n) is 2.81. The van der Waals surface area contributed by atoms with Crippen LogP contribution in [0.5, 0.6) is 0 Å². The summed E-state index contributed by atoms with van der Waals surface area (Å²) in [5.74, 6) is 1.88. The fourth-order valence-electron chi connectivity index (χ4n) is 1.92. The molecule has 2 unspecified atom stereocenters. The van der Waals surface area contributed by atoms with Crippen molar-refractivity contribution < 1.29 is 13.6 Å². The van der Waals surface area contributed by atoms with E-state index in [-0.39, 0.29) is 0 Å². The van der Waals surface area contributed by atoms with Gasteiger partial charge in [-0.25, -0.2) is 4.57 Å². The van der Waals surface area contributed by atoms with Gasteiger partial charge in [-0.1, -0.05) is 30.3 Å². The highest BCUT2D eigenvalue weighted by Gasteiger charge is 2.31. The van der Waals surface area contributed by atoms with Crippen LogP contribution in [0.25, 0.3) is 0 Å². The van der Waals surface area contributed by atoms with E-state index in [4.69, 9.17) is 9.05 Å². The van der Waals surface area contributed by atoms with Crippen LogP contribution < -0.4 is 0 Å². The van der Waals surface area contributed by atoms with Crippen molar-refractivity contribution >= 4 is 41.7 Å². The molecule has 0 bridgehead atoms. The third kappa shape index (κ3) is 5.52. The summed E-state index contributed by atoms with van der Waals surface area (Å²) in [6, 6.07) is 10.5. The first-order valence-corrected chi connectivity index (χ1v) is 12.1. The maximum absolute atomic E-state index is 12.4. The van der Waals surface area contributed by atoms with Crippen molar-refractivity contribution in [1.82, 2.24) is 0 Å². The molecule has 1 aliphatic rings. The molecule has 21 heavy (non-hydrogen) atoms. The molecular formula is C14H21O3PS3. The Morgan fingerprint density at radius 2 is 1.90 bits per heavy atom. The Balaban J connectivity index is 1.84. The largest absolute Gasteiger partial charge is 0.389 e. The Morgan fingerprint density at radius 1 is 1.24 bits per heavy atom. The Labute approximate surface area is 139 Å². The van der Waals surface area contributed by atoms with Gasteiger partial charge in [-0.05, 0) is 30.8 Å². The molecule has 1 aliphatic heterocycles. The molecule has 0 aromatic heterocycles. The average molecular weight is 364 g/mol. The minimum atomic E-state index is -2.97. The van der Waals surface area contributed by atoms with E-state index in [2.05, 4.69) is 24.3 Å². The molecule has 0 aliphatic carbocycles. The number of thioether (sulfide) groups is 2. The van der Waals surface area contributed by atoms with Gasteiger partial charge in [0.2, 0.25) is 0 Å². The summed E-state index contributed by atoms with van der Waals surface area (Å²) in [5, 5.41) is 0.486. The summed E-state index contributed by atoms with van der Waals surface area (Å²) in [6.07, 6.45) is 0. The first-order valence-electron chi connectivity index (χ1n) is 7.02. The van der Waals surface area contributed by atoms with Gasteiger partial charge >= 0.3 is 6.80 Å². The SMILES string of the molecule is CCOP(=O)(OCC)SCC1CSC(c2ccccc2)S1. The van der Waals surface area contributed by atoms with Gasteiger partial charge in [0.25, 0.3) is 0 Å². The number of hydrogen-bond donors (Lipinski definition) is 0. The Hall–Kier alpha value is 0.420. The van der Waals surface area contributed by atoms with Gasteiger partial charge in [0, 0.05) is 16.8 Å². The van der Waals surface area contributed by atoms with Gasteiger partial charge in [0.1, 0.15) is 0 Å². The molecule has 1 saturated heterocycles. The second-order valence-electron chi connectivity index (χ2n) is 4.41. The second-order valence-corrected chi connectivity index (χ2v) is 11.4. The molecule has 2 rings (SSSR count). The molecule has 0 N–H and O–H groups in total. The molecule has 1 aromatic rings. The monoisotopic (exact) mass is 364 g/mol. The predicted molar refractivity (Wildman–Crippen MR) is 96.3 cm³/mol. The number of rotatable bonds is 8. The van der Waals surface area contributed by atoms with E-state index in [1.165, 1.54) is 16.9 Å². The fourth-order valence-corrected chi connectivity index (χ4v) is 9.48. The van der Waals surface area contributed by atoms with Crippen LogP contribution in [0, 0.1) is 0 Å². The summed E-state index contributed by atoms with van der Waals surface area (Å²) in [5.41, 5.74) is 1.36. The van der Waals surface area contributed by atoms with Gasteiger partial charge in [-0.3, -0.25) is 0 Å². The zero-order valence-electron chi connectivity index (χ0n) is 12.3. The van der Waals surface area contributed by atoms with Crippen LogP contribution in [0.4, 0.5) is 0 Å². The van der Waals surface area contributed by atoms with Crippen molar-refractivity contribution in [2.45, 2.75) is 23.7 Å². The molecule has 0 amide bonds. The predicted octanol–water partition coefficient (Wildman–Crippen LogP) is 5.45. The molecular weight excluding hydrogens is 343 g/mol. The lowest BCUT2D eigenvalue weighted by Gasteiger charge is -2.17. The van der Waals surface area contributed by atoms with Gasteiger partial charge < -0.3 is 9.05 Å². The Kier molecular flexibility index (Phi) is 7.53. The second kappa shape index (κ2) is 8.90. The van der Waals surface area contributed by atoms with Gasteiger partial charge in [0.05, 0.1) is 17.8 Å². The maximum atomic E-state index is 12.4. The van der Waals surface area contributed by atoms with E-state index in [9.17, 15) is 4.57 Å². The first-order chi connectivity index (χ1) is 10.2. The molecule has 1 heterocycles. The summed E-state index contributed by atoms with van der Waals surface area (Å²) in [4.78, 5) is 0. The minimum absolute atomic E-state index is 0.420. The van der Waals surface area contributed by atoms with Crippen LogP contribution in [0.1, 0.15) is 24.0 Å². The van der Waals surface area contributed by atoms with Gasteiger partial charge in [0.15, 0.2) is 0 Å². The molecule has 0 spiro atoms. The molecule has 0 radical (unpaired) electrons. The standard InChI is InChI=1S/C14H21O3PS3/c1-3-16-18(15,17-4-2)20-11-13-10-19-14(21-13)12-8-6-5-7-9-12/h5-9,13-14H,3-4,10-11H2,1-2H3. The van der Waals surface area contributed by atoms with Crippen molar-refractivity contribution in [2.75, 3.05) is 24.7 Å². The fraction of sp³-hybridized carbons (Fsp3) is 0.571. The van der Waals surface area contributed by atoms with Crippen LogP contribution in [0.3, 0.4) is 0 Å². The molecule has 7 heteroatoms. The topological polar surface area (TPSA) is 35.5 Å². The zero-order valence-corrected chi connectivity index (χ0v) is 15.6. The number of hydrogen-bond acceptors (Lipinski definition) is 6. The van der Waals surface area contributed by atoms with Gasteiger partial charge in [-0.2, -0.15) is 0 Å². The minimum Gasteiger partial charge on any atom is -0.301 e. The number of benzene rings is 1. The van der Waals surface area contributed by atoms with Crippen LogP contribution in [-0.2, 0) is 13.6 Å². The quantitative estimate of drug-likeness (QED) is 0.571. The van der Waals surface area contributed by atoms with E-state index in [1.54, 1.807) is 0 Å². The van der Waals surface area contributed by atoms with Crippen LogP contribution >= 0.6 is 41.7 Å². The molecule has 0 saturated carbocycles. The van der Waals surface area contributed by atoms with Crippen LogP contribution in [0.2, 0.25) is 0 Å². The van der Waals surface area contributed by atoms with E-state index >= 15 is 0 Å². The Bertz CT molecular complexity index is 462. The highest BCUT2D eigenvalue weighted by molar-refractivity contribution is 8.55. The Morgan fingerprint density at radius 3 is 2.52 bits per heavy atom. The van der Waals surface area contributed by atoms with Crippen molar-refractivity contribution in [3.63, 3.8) is 0 Å². The highest BCUT2D eigenvalue weighted by atomic mass is 32.7. The van der Waals surface area contributed by atoms with Crippen LogP contribution in [-0.4, -0.2) is 30.0 Å². The molecule has 1 aromatic carbocycles. The van der Waals surface area contributed by atoms with Crippen molar-refractivity contribution in [1.29, 1.82) is 0 Å². The van der Waals surface area contributed by atoms with Crippen molar-refractivity contribution in [3.8, 4) is 0 Å². The van der Waals surface area contributed by atoms with E-state index in [0.717, 1.165) is 11.5 Å². The summed E-state index contributed by atoms with van der Waals surface area (Å²) in [7, 11) is 0. The van der Waals surface area contributed by atoms with E-state index < -0.39 is 6.80 Å². The highest BCUT2D eigenvalue weighted by Crippen LogP contribution is 2.62. The summed E-state index contributed by atoms with van der Waals surface area (Å²) in [6.45, 7) is 1.56. The average Bonchev–Trinajstić information content (AvgIpc) is 2.96. The summed E-state index contributed by atoms with van der Waals surface area (Å²) >= 11 is 5.25. The smallest absolute Gasteiger partial charge is 0.301 e. The summed E-state index contributed by atoms with van der Waals surface area (Å²) < 4.78 is 23.5. The molecule has 118 valence electrons. The lowest BCUT2D eigenvalue weighted by molar-refractivity contribution is 0.237. The van der Waals surface area contributed by atoms with E-state index in [1.807, 2.05) is 43.4 Å². The van der Waals surface area contributed by atoms with E-state index in [0.29, 0.717) is 23.0 Å². The van der Waals surface area contributed by atoms with Crippen molar-refractivity contribution in [2.24, 2.45) is 0 Å². The van der Waals surface area contributed by atoms with Crippen LogP contribution in [0.15, 0.2) is 30.3 Å². The van der Waals surface area contributed by atoms with Crippen molar-refractivity contribution in [3.05, 3.63) is 35.9 Å². The lowest BCUT2D eigenvalue weighted by Crippen LogP contribution is -2.05. The maximum Gasteiger partial charge on any atom is 0.389 e. The lowest BCUT2D eigenvalue weighted by atomic mass is 10.2. The van der Waals surface area contributed by atoms with Gasteiger partial charge in [-0.15, -0.1) is 23.5 Å². The zero-order chi connectivity index (χ0) is 15.1. The third-order valence-corrected chi connectivity index (χ3v) is 10.4. The molecule has 2 atom stereocenters. The normalized spacial score (nSPS) is 22.6. The first kappa shape index (κ1) is 17.8. The molecule has 1 fully saturated rings. The molecule has 3 nitrogen and oxygen atoms in total.